The van der Waals surface area contributed by atoms with Crippen LogP contribution in [0.1, 0.15) is 15.9 Å². The Bertz CT molecular complexity index is 526. The number of hydrogen-bond acceptors (Lipinski definition) is 1. The first-order valence-electron chi connectivity index (χ1n) is 5.59. The number of aldehydes is 1. The van der Waals surface area contributed by atoms with Gasteiger partial charge in [-0.1, -0.05) is 48.5 Å². The zero-order chi connectivity index (χ0) is 12.1. The minimum Gasteiger partial charge on any atom is -0.298 e. The van der Waals surface area contributed by atoms with Crippen molar-refractivity contribution >= 4 is 6.29 Å². The van der Waals surface area contributed by atoms with Gasteiger partial charge >= 0.3 is 0 Å². The van der Waals surface area contributed by atoms with E-state index in [1.807, 2.05) is 54.6 Å². The van der Waals surface area contributed by atoms with Crippen molar-refractivity contribution in [3.63, 3.8) is 0 Å². The third kappa shape index (κ3) is 2.51. The third-order valence-electron chi connectivity index (χ3n) is 2.71. The molecule has 0 radical (unpaired) electrons. The van der Waals surface area contributed by atoms with Gasteiger partial charge in [-0.2, -0.15) is 0 Å². The van der Waals surface area contributed by atoms with Crippen molar-refractivity contribution in [2.75, 3.05) is 0 Å². The van der Waals surface area contributed by atoms with Crippen molar-refractivity contribution in [2.45, 2.75) is 6.42 Å². The van der Waals surface area contributed by atoms with E-state index in [-0.39, 0.29) is 0 Å². The van der Waals surface area contributed by atoms with Crippen LogP contribution in [0.2, 0.25) is 0 Å². The van der Waals surface area contributed by atoms with Crippen LogP contribution in [0, 0.1) is 0 Å². The van der Waals surface area contributed by atoms with E-state index in [1.165, 1.54) is 0 Å². The Balaban J connectivity index is 2.48. The normalized spacial score (nSPS) is 9.88. The Morgan fingerprint density at radius 2 is 1.82 bits per heavy atom. The molecule has 0 saturated carbocycles. The molecule has 1 nitrogen and oxygen atoms in total. The van der Waals surface area contributed by atoms with E-state index in [0.29, 0.717) is 0 Å². The summed E-state index contributed by atoms with van der Waals surface area (Å²) in [6.45, 7) is 3.70. The number of rotatable bonds is 4. The van der Waals surface area contributed by atoms with E-state index in [0.717, 1.165) is 35.0 Å². The fourth-order valence-corrected chi connectivity index (χ4v) is 1.88. The molecule has 0 atom stereocenters. The van der Waals surface area contributed by atoms with Crippen LogP contribution >= 0.6 is 0 Å². The first-order chi connectivity index (χ1) is 8.35. The monoisotopic (exact) mass is 222 g/mol. The van der Waals surface area contributed by atoms with E-state index < -0.39 is 0 Å². The summed E-state index contributed by atoms with van der Waals surface area (Å²) >= 11 is 0. The number of carbonyl (C=O) groups excluding carboxylic acids is 1. The smallest absolute Gasteiger partial charge is 0.150 e. The molecule has 2 aromatic rings. The lowest BCUT2D eigenvalue weighted by Crippen LogP contribution is -1.90. The van der Waals surface area contributed by atoms with Gasteiger partial charge in [-0.15, -0.1) is 6.58 Å². The summed E-state index contributed by atoms with van der Waals surface area (Å²) in [6, 6.07) is 15.9. The first kappa shape index (κ1) is 11.3. The average Bonchev–Trinajstić information content (AvgIpc) is 2.40. The quantitative estimate of drug-likeness (QED) is 0.566. The summed E-state index contributed by atoms with van der Waals surface area (Å²) in [5, 5.41) is 0. The van der Waals surface area contributed by atoms with Gasteiger partial charge in [0.2, 0.25) is 0 Å². The zero-order valence-corrected chi connectivity index (χ0v) is 9.60. The largest absolute Gasteiger partial charge is 0.298 e. The lowest BCUT2D eigenvalue weighted by Gasteiger charge is -2.07. The van der Waals surface area contributed by atoms with Crippen molar-refractivity contribution in [2.24, 2.45) is 0 Å². The molecule has 0 spiro atoms. The van der Waals surface area contributed by atoms with Crippen molar-refractivity contribution in [3.8, 4) is 11.1 Å². The molecule has 0 aromatic heterocycles. The fourth-order valence-electron chi connectivity index (χ4n) is 1.88. The van der Waals surface area contributed by atoms with E-state index in [2.05, 4.69) is 6.58 Å². The van der Waals surface area contributed by atoms with E-state index >= 15 is 0 Å². The fraction of sp³-hybridized carbons (Fsp3) is 0.0625. The van der Waals surface area contributed by atoms with E-state index in [1.54, 1.807) is 0 Å². The predicted molar refractivity (Wildman–Crippen MR) is 71.2 cm³/mol. The van der Waals surface area contributed by atoms with Crippen molar-refractivity contribution in [1.82, 2.24) is 0 Å². The summed E-state index contributed by atoms with van der Waals surface area (Å²) in [7, 11) is 0. The van der Waals surface area contributed by atoms with Crippen LogP contribution in [0.25, 0.3) is 11.1 Å². The average molecular weight is 222 g/mol. The van der Waals surface area contributed by atoms with Crippen LogP contribution in [0.5, 0.6) is 0 Å². The molecule has 17 heavy (non-hydrogen) atoms. The van der Waals surface area contributed by atoms with Crippen molar-refractivity contribution in [3.05, 3.63) is 72.3 Å². The van der Waals surface area contributed by atoms with Crippen LogP contribution in [0.4, 0.5) is 0 Å². The molecule has 2 aromatic carbocycles. The molecule has 0 aliphatic rings. The van der Waals surface area contributed by atoms with Gasteiger partial charge in [0.1, 0.15) is 0 Å². The topological polar surface area (TPSA) is 17.1 Å². The molecule has 2 rings (SSSR count). The molecule has 0 unspecified atom stereocenters. The molecule has 0 aliphatic heterocycles. The lowest BCUT2D eigenvalue weighted by atomic mass is 9.97. The van der Waals surface area contributed by atoms with Crippen LogP contribution in [-0.2, 0) is 6.42 Å². The van der Waals surface area contributed by atoms with Crippen LogP contribution in [-0.4, -0.2) is 6.29 Å². The first-order valence-corrected chi connectivity index (χ1v) is 5.59. The van der Waals surface area contributed by atoms with E-state index in [9.17, 15) is 4.79 Å². The van der Waals surface area contributed by atoms with Gasteiger partial charge in [-0.3, -0.25) is 4.79 Å². The molecule has 0 amide bonds. The summed E-state index contributed by atoms with van der Waals surface area (Å²) in [5.74, 6) is 0. The molecule has 0 aliphatic carbocycles. The molecule has 84 valence electrons. The van der Waals surface area contributed by atoms with Gasteiger partial charge in [0.15, 0.2) is 6.29 Å². The maximum Gasteiger partial charge on any atom is 0.150 e. The highest BCUT2D eigenvalue weighted by molar-refractivity contribution is 5.87. The molecule has 0 bridgehead atoms. The summed E-state index contributed by atoms with van der Waals surface area (Å²) in [6.07, 6.45) is 3.54. The lowest BCUT2D eigenvalue weighted by molar-refractivity contribution is 0.112. The molecule has 0 N–H and O–H groups in total. The van der Waals surface area contributed by atoms with Gasteiger partial charge in [-0.05, 0) is 29.2 Å². The third-order valence-corrected chi connectivity index (χ3v) is 2.71. The van der Waals surface area contributed by atoms with E-state index in [4.69, 9.17) is 0 Å². The second kappa shape index (κ2) is 5.26. The molecule has 0 fully saturated rings. The zero-order valence-electron chi connectivity index (χ0n) is 9.60. The highest BCUT2D eigenvalue weighted by Gasteiger charge is 2.04. The van der Waals surface area contributed by atoms with Gasteiger partial charge in [0.25, 0.3) is 0 Å². The van der Waals surface area contributed by atoms with Gasteiger partial charge in [0.05, 0.1) is 0 Å². The SMILES string of the molecule is C=CCc1ccc(-c2ccccc2)c(C=O)c1. The Hall–Kier alpha value is -2.15. The Morgan fingerprint density at radius 1 is 1.06 bits per heavy atom. The van der Waals surface area contributed by atoms with Crippen molar-refractivity contribution in [1.29, 1.82) is 0 Å². The second-order valence-corrected chi connectivity index (χ2v) is 3.90. The highest BCUT2D eigenvalue weighted by atomic mass is 16.1. The number of benzene rings is 2. The van der Waals surface area contributed by atoms with Crippen LogP contribution in [0.15, 0.2) is 61.2 Å². The maximum absolute atomic E-state index is 11.1. The summed E-state index contributed by atoms with van der Waals surface area (Å²) < 4.78 is 0. The summed E-state index contributed by atoms with van der Waals surface area (Å²) in [4.78, 5) is 11.1. The Morgan fingerprint density at radius 3 is 2.47 bits per heavy atom. The molecular formula is C16H14O. The number of allylic oxidation sites excluding steroid dienone is 1. The van der Waals surface area contributed by atoms with Crippen molar-refractivity contribution < 1.29 is 4.79 Å². The highest BCUT2D eigenvalue weighted by Crippen LogP contribution is 2.23. The minimum absolute atomic E-state index is 0.732. The van der Waals surface area contributed by atoms with Gasteiger partial charge < -0.3 is 0 Å². The van der Waals surface area contributed by atoms with Crippen LogP contribution < -0.4 is 0 Å². The minimum atomic E-state index is 0.732. The molecule has 0 saturated heterocycles. The molecular weight excluding hydrogens is 208 g/mol. The number of hydrogen-bond donors (Lipinski definition) is 0. The Labute approximate surface area is 101 Å². The predicted octanol–water partition coefficient (Wildman–Crippen LogP) is 3.89. The van der Waals surface area contributed by atoms with Gasteiger partial charge in [-0.25, -0.2) is 0 Å². The summed E-state index contributed by atoms with van der Waals surface area (Å²) in [5.41, 5.74) is 3.89. The standard InChI is InChI=1S/C16H14O/c1-2-6-13-9-10-16(15(11-13)12-17)14-7-4-3-5-8-14/h2-5,7-12H,1,6H2. The number of carbonyl (C=O) groups is 1. The Kier molecular flexibility index (Phi) is 3.51. The second-order valence-electron chi connectivity index (χ2n) is 3.90. The molecule has 0 heterocycles. The van der Waals surface area contributed by atoms with Crippen LogP contribution in [0.3, 0.4) is 0 Å². The van der Waals surface area contributed by atoms with Gasteiger partial charge in [0, 0.05) is 5.56 Å². The maximum atomic E-state index is 11.1. The molecule has 1 heteroatoms.